The predicted octanol–water partition coefficient (Wildman–Crippen LogP) is 3.09. The molecule has 2 unspecified atom stereocenters. The molecule has 0 aromatic rings. The largest absolute Gasteiger partial charge is 0.444 e. The van der Waals surface area contributed by atoms with Crippen LogP contribution in [0.3, 0.4) is 0 Å². The van der Waals surface area contributed by atoms with Gasteiger partial charge in [-0.2, -0.15) is 0 Å². The van der Waals surface area contributed by atoms with Crippen LogP contribution in [0.2, 0.25) is 0 Å². The summed E-state index contributed by atoms with van der Waals surface area (Å²) in [7, 11) is 0. The third kappa shape index (κ3) is 8.02. The van der Waals surface area contributed by atoms with Crippen molar-refractivity contribution in [3.63, 3.8) is 0 Å². The molecule has 0 radical (unpaired) electrons. The van der Waals surface area contributed by atoms with Crippen LogP contribution in [0.15, 0.2) is 0 Å². The monoisotopic (exact) mass is 326 g/mol. The molecule has 1 amide bonds. The molecule has 0 aromatic heterocycles. The topological polar surface area (TPSA) is 59.6 Å². The van der Waals surface area contributed by atoms with Gasteiger partial charge in [0, 0.05) is 25.7 Å². The minimum atomic E-state index is -0.437. The highest BCUT2D eigenvalue weighted by Crippen LogP contribution is 2.28. The molecule has 2 saturated carbocycles. The van der Waals surface area contributed by atoms with Crippen LogP contribution in [0.5, 0.6) is 0 Å². The lowest BCUT2D eigenvalue weighted by Gasteiger charge is -2.32. The standard InChI is InChI=1S/C18H34N2O3/c1-18(2,3)23-17(21)20-12-15-6-4-5-7-16(15)19-10-11-22-13-14-8-9-14/h14-16,19H,4-13H2,1-3H3,(H,20,21). The quantitative estimate of drug-likeness (QED) is 0.673. The lowest BCUT2D eigenvalue weighted by Crippen LogP contribution is -2.45. The third-order valence-electron chi connectivity index (χ3n) is 4.52. The molecule has 5 nitrogen and oxygen atoms in total. The van der Waals surface area contributed by atoms with Crippen molar-refractivity contribution < 1.29 is 14.3 Å². The van der Waals surface area contributed by atoms with Crippen LogP contribution in [0.25, 0.3) is 0 Å². The summed E-state index contributed by atoms with van der Waals surface area (Å²) in [6.07, 6.45) is 7.23. The number of rotatable bonds is 8. The zero-order valence-corrected chi connectivity index (χ0v) is 15.0. The van der Waals surface area contributed by atoms with E-state index in [0.29, 0.717) is 18.5 Å². The number of ether oxygens (including phenoxy) is 2. The van der Waals surface area contributed by atoms with Gasteiger partial charge in [0.1, 0.15) is 5.60 Å². The van der Waals surface area contributed by atoms with Gasteiger partial charge in [-0.15, -0.1) is 0 Å². The van der Waals surface area contributed by atoms with E-state index < -0.39 is 5.60 Å². The highest BCUT2D eigenvalue weighted by molar-refractivity contribution is 5.67. The van der Waals surface area contributed by atoms with Crippen molar-refractivity contribution in [2.75, 3.05) is 26.3 Å². The zero-order valence-electron chi connectivity index (χ0n) is 15.0. The molecular weight excluding hydrogens is 292 g/mol. The van der Waals surface area contributed by atoms with Gasteiger partial charge in [0.15, 0.2) is 0 Å². The fraction of sp³-hybridized carbons (Fsp3) is 0.944. The maximum atomic E-state index is 11.8. The van der Waals surface area contributed by atoms with Gasteiger partial charge in [-0.25, -0.2) is 4.79 Å². The van der Waals surface area contributed by atoms with Crippen molar-refractivity contribution in [2.45, 2.75) is 70.9 Å². The third-order valence-corrected chi connectivity index (χ3v) is 4.52. The van der Waals surface area contributed by atoms with Crippen molar-refractivity contribution >= 4 is 6.09 Å². The van der Waals surface area contributed by atoms with Crippen LogP contribution in [0.1, 0.15) is 59.3 Å². The van der Waals surface area contributed by atoms with Gasteiger partial charge in [0.25, 0.3) is 0 Å². The Morgan fingerprint density at radius 1 is 1.13 bits per heavy atom. The highest BCUT2D eigenvalue weighted by atomic mass is 16.6. The number of alkyl carbamates (subject to hydrolysis) is 1. The second-order valence-corrected chi connectivity index (χ2v) is 8.01. The van der Waals surface area contributed by atoms with Crippen LogP contribution < -0.4 is 10.6 Å². The molecule has 23 heavy (non-hydrogen) atoms. The maximum absolute atomic E-state index is 11.8. The van der Waals surface area contributed by atoms with E-state index in [2.05, 4.69) is 10.6 Å². The van der Waals surface area contributed by atoms with E-state index in [1.54, 1.807) is 0 Å². The fourth-order valence-electron chi connectivity index (χ4n) is 3.10. The minimum absolute atomic E-state index is 0.311. The average molecular weight is 326 g/mol. The Hall–Kier alpha value is -0.810. The molecule has 0 spiro atoms. The van der Waals surface area contributed by atoms with Crippen molar-refractivity contribution in [1.82, 2.24) is 10.6 Å². The number of carbonyl (C=O) groups excluding carboxylic acids is 1. The fourth-order valence-corrected chi connectivity index (χ4v) is 3.10. The zero-order chi connectivity index (χ0) is 16.7. The Kier molecular flexibility index (Phi) is 7.15. The number of hydrogen-bond donors (Lipinski definition) is 2. The second kappa shape index (κ2) is 8.88. The molecule has 0 saturated heterocycles. The molecule has 0 aliphatic heterocycles. The Morgan fingerprint density at radius 3 is 2.57 bits per heavy atom. The first-order valence-electron chi connectivity index (χ1n) is 9.22. The van der Waals surface area contributed by atoms with Gasteiger partial charge in [-0.3, -0.25) is 0 Å². The van der Waals surface area contributed by atoms with E-state index in [1.807, 2.05) is 20.8 Å². The smallest absolute Gasteiger partial charge is 0.407 e. The Balaban J connectivity index is 1.62. The van der Waals surface area contributed by atoms with Crippen LogP contribution in [0, 0.1) is 11.8 Å². The molecule has 0 bridgehead atoms. The average Bonchev–Trinajstić information content (AvgIpc) is 3.28. The molecule has 2 rings (SSSR count). The van der Waals surface area contributed by atoms with Gasteiger partial charge in [-0.05, 0) is 58.3 Å². The summed E-state index contributed by atoms with van der Waals surface area (Å²) in [6, 6.07) is 0.475. The van der Waals surface area contributed by atoms with E-state index in [9.17, 15) is 4.79 Å². The molecule has 5 heteroatoms. The Morgan fingerprint density at radius 2 is 1.87 bits per heavy atom. The summed E-state index contributed by atoms with van der Waals surface area (Å²) in [6.45, 7) is 8.97. The van der Waals surface area contributed by atoms with Crippen LogP contribution in [-0.4, -0.2) is 44.0 Å². The summed E-state index contributed by atoms with van der Waals surface area (Å²) in [5, 5.41) is 6.55. The first-order valence-corrected chi connectivity index (χ1v) is 9.22. The molecule has 2 N–H and O–H groups in total. The first-order chi connectivity index (χ1) is 10.9. The van der Waals surface area contributed by atoms with Crippen molar-refractivity contribution in [2.24, 2.45) is 11.8 Å². The van der Waals surface area contributed by atoms with Crippen molar-refractivity contribution in [3.8, 4) is 0 Å². The Labute approximate surface area is 140 Å². The van der Waals surface area contributed by atoms with Crippen molar-refractivity contribution in [3.05, 3.63) is 0 Å². The van der Waals surface area contributed by atoms with Crippen molar-refractivity contribution in [1.29, 1.82) is 0 Å². The SMILES string of the molecule is CC(C)(C)OC(=O)NCC1CCCCC1NCCOCC1CC1. The van der Waals surface area contributed by atoms with E-state index in [1.165, 1.54) is 32.1 Å². The van der Waals surface area contributed by atoms with Gasteiger partial charge in [0.2, 0.25) is 0 Å². The summed E-state index contributed by atoms with van der Waals surface area (Å²) >= 11 is 0. The molecular formula is C18H34N2O3. The summed E-state index contributed by atoms with van der Waals surface area (Å²) < 4.78 is 11.0. The van der Waals surface area contributed by atoms with Crippen LogP contribution in [0.4, 0.5) is 4.79 Å². The predicted molar refractivity (Wildman–Crippen MR) is 91.5 cm³/mol. The van der Waals surface area contributed by atoms with Crippen LogP contribution >= 0.6 is 0 Å². The normalized spacial score (nSPS) is 25.2. The molecule has 2 aliphatic rings. The minimum Gasteiger partial charge on any atom is -0.444 e. The molecule has 0 aromatic carbocycles. The summed E-state index contributed by atoms with van der Waals surface area (Å²) in [5.74, 6) is 1.31. The lowest BCUT2D eigenvalue weighted by atomic mass is 9.84. The number of amides is 1. The second-order valence-electron chi connectivity index (χ2n) is 8.01. The number of nitrogens with one attached hydrogen (secondary N) is 2. The lowest BCUT2D eigenvalue weighted by molar-refractivity contribution is 0.0509. The van der Waals surface area contributed by atoms with Crippen LogP contribution in [-0.2, 0) is 9.47 Å². The van der Waals surface area contributed by atoms with E-state index in [4.69, 9.17) is 9.47 Å². The van der Waals surface area contributed by atoms with Gasteiger partial charge < -0.3 is 20.1 Å². The maximum Gasteiger partial charge on any atom is 0.407 e. The molecule has 2 atom stereocenters. The van der Waals surface area contributed by atoms with Gasteiger partial charge in [0.05, 0.1) is 6.61 Å². The van der Waals surface area contributed by atoms with Gasteiger partial charge >= 0.3 is 6.09 Å². The molecule has 0 heterocycles. The number of carbonyl (C=O) groups is 1. The molecule has 2 aliphatic carbocycles. The molecule has 134 valence electrons. The highest BCUT2D eigenvalue weighted by Gasteiger charge is 2.26. The van der Waals surface area contributed by atoms with E-state index in [-0.39, 0.29) is 6.09 Å². The first kappa shape index (κ1) is 18.5. The Bertz CT molecular complexity index is 364. The number of hydrogen-bond acceptors (Lipinski definition) is 4. The van der Waals surface area contributed by atoms with E-state index >= 15 is 0 Å². The summed E-state index contributed by atoms with van der Waals surface area (Å²) in [5.41, 5.74) is -0.437. The summed E-state index contributed by atoms with van der Waals surface area (Å²) in [4.78, 5) is 11.8. The van der Waals surface area contributed by atoms with E-state index in [0.717, 1.165) is 32.1 Å². The van der Waals surface area contributed by atoms with Gasteiger partial charge in [-0.1, -0.05) is 12.8 Å². The molecule has 2 fully saturated rings.